The van der Waals surface area contributed by atoms with Gasteiger partial charge in [-0.3, -0.25) is 10.1 Å². The summed E-state index contributed by atoms with van der Waals surface area (Å²) in [6.45, 7) is 0. The predicted molar refractivity (Wildman–Crippen MR) is 61.0 cm³/mol. The molecule has 7 heteroatoms. The van der Waals surface area contributed by atoms with E-state index in [-0.39, 0.29) is 22.6 Å². The first-order valence-corrected chi connectivity index (χ1v) is 4.67. The number of nitriles is 1. The second-order valence-electron chi connectivity index (χ2n) is 3.12. The zero-order valence-electron chi connectivity index (χ0n) is 9.28. The summed E-state index contributed by atoms with van der Waals surface area (Å²) < 4.78 is 4.92. The van der Waals surface area contributed by atoms with Crippen LogP contribution in [0.2, 0.25) is 0 Å². The maximum Gasteiger partial charge on any atom is 0.328 e. The highest BCUT2D eigenvalue weighted by atomic mass is 16.6. The van der Waals surface area contributed by atoms with Crippen LogP contribution in [-0.2, 0) is 4.79 Å². The van der Waals surface area contributed by atoms with Crippen LogP contribution >= 0.6 is 0 Å². The fourth-order valence-corrected chi connectivity index (χ4v) is 1.37. The molecule has 0 saturated carbocycles. The number of carboxylic acid groups (broad SMARTS) is 1. The molecule has 1 aromatic carbocycles. The summed E-state index contributed by atoms with van der Waals surface area (Å²) in [6, 6.07) is 4.18. The van der Waals surface area contributed by atoms with E-state index in [0.29, 0.717) is 0 Å². The van der Waals surface area contributed by atoms with Crippen LogP contribution < -0.4 is 4.74 Å². The van der Waals surface area contributed by atoms with Crippen molar-refractivity contribution < 1.29 is 19.6 Å². The number of carboxylic acids is 1. The lowest BCUT2D eigenvalue weighted by Gasteiger charge is -2.07. The van der Waals surface area contributed by atoms with Crippen LogP contribution in [0.25, 0.3) is 6.08 Å². The van der Waals surface area contributed by atoms with Crippen LogP contribution in [0.1, 0.15) is 11.1 Å². The Morgan fingerprint density at radius 2 is 2.28 bits per heavy atom. The van der Waals surface area contributed by atoms with E-state index in [1.807, 2.05) is 6.07 Å². The molecular weight excluding hydrogens is 240 g/mol. The number of nitro groups is 1. The molecule has 92 valence electrons. The number of carbonyl (C=O) groups is 1. The van der Waals surface area contributed by atoms with E-state index in [1.165, 1.54) is 13.2 Å². The molecule has 0 aliphatic heterocycles. The summed E-state index contributed by atoms with van der Waals surface area (Å²) in [5.41, 5.74) is -0.291. The van der Waals surface area contributed by atoms with Gasteiger partial charge in [-0.05, 0) is 12.1 Å². The molecule has 1 aromatic rings. The van der Waals surface area contributed by atoms with E-state index >= 15 is 0 Å². The van der Waals surface area contributed by atoms with Gasteiger partial charge < -0.3 is 9.84 Å². The third-order valence-electron chi connectivity index (χ3n) is 2.09. The second kappa shape index (κ2) is 5.45. The van der Waals surface area contributed by atoms with Crippen molar-refractivity contribution >= 4 is 17.7 Å². The predicted octanol–water partition coefficient (Wildman–Crippen LogP) is 1.57. The zero-order chi connectivity index (χ0) is 13.7. The van der Waals surface area contributed by atoms with Crippen molar-refractivity contribution in [2.75, 3.05) is 7.11 Å². The van der Waals surface area contributed by atoms with Gasteiger partial charge in [-0.1, -0.05) is 0 Å². The van der Waals surface area contributed by atoms with Crippen molar-refractivity contribution in [1.29, 1.82) is 5.26 Å². The van der Waals surface area contributed by atoms with Crippen LogP contribution in [0.5, 0.6) is 5.75 Å². The number of aliphatic carboxylic acids is 1. The molecule has 0 aliphatic rings. The summed E-state index contributed by atoms with van der Waals surface area (Å²) in [5, 5.41) is 28.2. The van der Waals surface area contributed by atoms with Crippen LogP contribution in [-0.4, -0.2) is 23.1 Å². The number of hydrogen-bond acceptors (Lipinski definition) is 5. The highest BCUT2D eigenvalue weighted by molar-refractivity contribution is 5.87. The third-order valence-corrected chi connectivity index (χ3v) is 2.09. The van der Waals surface area contributed by atoms with E-state index in [1.54, 1.807) is 0 Å². The molecule has 0 atom stereocenters. The van der Waals surface area contributed by atoms with E-state index < -0.39 is 10.9 Å². The minimum absolute atomic E-state index is 0.0239. The summed E-state index contributed by atoms with van der Waals surface area (Å²) in [4.78, 5) is 20.6. The standard InChI is InChI=1S/C11H8N2O5/c1-18-11-7(6-12)2-4-9(13(16)17)8(11)3-5-10(14)15/h2-5H,1H3,(H,14,15)/b5-3+. The molecule has 18 heavy (non-hydrogen) atoms. The zero-order valence-corrected chi connectivity index (χ0v) is 9.28. The highest BCUT2D eigenvalue weighted by Gasteiger charge is 2.19. The monoisotopic (exact) mass is 248 g/mol. The van der Waals surface area contributed by atoms with Crippen molar-refractivity contribution in [3.05, 3.63) is 39.4 Å². The highest BCUT2D eigenvalue weighted by Crippen LogP contribution is 2.32. The summed E-state index contributed by atoms with van der Waals surface area (Å²) in [7, 11) is 1.25. The van der Waals surface area contributed by atoms with E-state index in [4.69, 9.17) is 15.1 Å². The molecule has 0 spiro atoms. The summed E-state index contributed by atoms with van der Waals surface area (Å²) in [5.74, 6) is -1.28. The molecule has 7 nitrogen and oxygen atoms in total. The first kappa shape index (κ1) is 13.2. The molecule has 0 bridgehead atoms. The van der Waals surface area contributed by atoms with Crippen molar-refractivity contribution in [2.24, 2.45) is 0 Å². The lowest BCUT2D eigenvalue weighted by atomic mass is 10.1. The van der Waals surface area contributed by atoms with Gasteiger partial charge in [-0.15, -0.1) is 0 Å². The van der Waals surface area contributed by atoms with Gasteiger partial charge in [-0.25, -0.2) is 4.79 Å². The van der Waals surface area contributed by atoms with Gasteiger partial charge in [0.2, 0.25) is 0 Å². The van der Waals surface area contributed by atoms with Gasteiger partial charge in [0.25, 0.3) is 5.69 Å². The SMILES string of the molecule is COc1c(C#N)ccc([N+](=O)[O-])c1/C=C/C(=O)O. The summed E-state index contributed by atoms with van der Waals surface area (Å²) >= 11 is 0. The Balaban J connectivity index is 3.54. The van der Waals surface area contributed by atoms with E-state index in [2.05, 4.69) is 0 Å². The molecule has 0 aromatic heterocycles. The smallest absolute Gasteiger partial charge is 0.328 e. The quantitative estimate of drug-likeness (QED) is 0.491. The Labute approximate surface area is 102 Å². The van der Waals surface area contributed by atoms with Crippen LogP contribution in [0, 0.1) is 21.4 Å². The fourth-order valence-electron chi connectivity index (χ4n) is 1.37. The second-order valence-corrected chi connectivity index (χ2v) is 3.12. The normalized spacial score (nSPS) is 10.0. The maximum absolute atomic E-state index is 10.8. The number of rotatable bonds is 4. The van der Waals surface area contributed by atoms with Gasteiger partial charge in [-0.2, -0.15) is 5.26 Å². The van der Waals surface area contributed by atoms with Crippen molar-refractivity contribution in [1.82, 2.24) is 0 Å². The van der Waals surface area contributed by atoms with Gasteiger partial charge in [0.05, 0.1) is 23.2 Å². The number of methoxy groups -OCH3 is 1. The molecule has 0 unspecified atom stereocenters. The molecule has 0 radical (unpaired) electrons. The molecule has 1 rings (SSSR count). The Bertz CT molecular complexity index is 572. The average Bonchev–Trinajstić information content (AvgIpc) is 2.34. The molecule has 0 heterocycles. The first-order valence-electron chi connectivity index (χ1n) is 4.67. The molecule has 0 aliphatic carbocycles. The maximum atomic E-state index is 10.8. The number of hydrogen-bond donors (Lipinski definition) is 1. The van der Waals surface area contributed by atoms with Crippen LogP contribution in [0.15, 0.2) is 18.2 Å². The van der Waals surface area contributed by atoms with Crippen LogP contribution in [0.3, 0.4) is 0 Å². The Hall–Kier alpha value is -2.88. The summed E-state index contributed by atoms with van der Waals surface area (Å²) in [6.07, 6.45) is 1.77. The lowest BCUT2D eigenvalue weighted by molar-refractivity contribution is -0.385. The third kappa shape index (κ3) is 2.62. The lowest BCUT2D eigenvalue weighted by Crippen LogP contribution is -1.98. The molecule has 0 amide bonds. The van der Waals surface area contributed by atoms with E-state index in [0.717, 1.165) is 18.2 Å². The van der Waals surface area contributed by atoms with E-state index in [9.17, 15) is 14.9 Å². The number of nitro benzene ring substituents is 1. The fraction of sp³-hybridized carbons (Fsp3) is 0.0909. The molecule has 0 saturated heterocycles. The van der Waals surface area contributed by atoms with Crippen molar-refractivity contribution in [2.45, 2.75) is 0 Å². The molecule has 1 N–H and O–H groups in total. The Morgan fingerprint density at radius 3 is 2.72 bits per heavy atom. The van der Waals surface area contributed by atoms with Gasteiger partial charge in [0.1, 0.15) is 6.07 Å². The minimum Gasteiger partial charge on any atom is -0.494 e. The average molecular weight is 248 g/mol. The van der Waals surface area contributed by atoms with Gasteiger partial charge in [0.15, 0.2) is 5.75 Å². The Kier molecular flexibility index (Phi) is 3.99. The number of nitrogens with zero attached hydrogens (tertiary/aromatic N) is 2. The van der Waals surface area contributed by atoms with Gasteiger partial charge >= 0.3 is 5.97 Å². The number of ether oxygens (including phenoxy) is 1. The largest absolute Gasteiger partial charge is 0.494 e. The van der Waals surface area contributed by atoms with Crippen molar-refractivity contribution in [3.63, 3.8) is 0 Å². The first-order chi connectivity index (χ1) is 8.51. The Morgan fingerprint density at radius 1 is 1.61 bits per heavy atom. The van der Waals surface area contributed by atoms with Crippen LogP contribution in [0.4, 0.5) is 5.69 Å². The molecular formula is C11H8N2O5. The van der Waals surface area contributed by atoms with Gasteiger partial charge in [0, 0.05) is 12.1 Å². The topological polar surface area (TPSA) is 113 Å². The minimum atomic E-state index is -1.26. The van der Waals surface area contributed by atoms with Crippen molar-refractivity contribution in [3.8, 4) is 11.8 Å². The molecule has 0 fully saturated rings. The number of benzene rings is 1.